The van der Waals surface area contributed by atoms with Crippen LogP contribution in [-0.4, -0.2) is 75.4 Å². The lowest BCUT2D eigenvalue weighted by Gasteiger charge is -2.64. The van der Waals surface area contributed by atoms with E-state index in [1.54, 1.807) is 13.0 Å². The SMILES string of the molecule is CC1OC(O[C@H]2CC[C@@]3(C)[C@H](CC[C@@H]4[C@@H]3CC[C@]3(C)[C@@H](C5=CC(=O)OC5)CC[C@]43O)C2)C(O)C(O)C1O. The second kappa shape index (κ2) is 9.00. The summed E-state index contributed by atoms with van der Waals surface area (Å²) in [5.41, 5.74) is 0.243. The van der Waals surface area contributed by atoms with E-state index >= 15 is 0 Å². The highest BCUT2D eigenvalue weighted by atomic mass is 16.7. The summed E-state index contributed by atoms with van der Waals surface area (Å²) >= 11 is 0. The van der Waals surface area contributed by atoms with E-state index in [4.69, 9.17) is 14.2 Å². The van der Waals surface area contributed by atoms with Crippen LogP contribution < -0.4 is 0 Å². The third kappa shape index (κ3) is 3.80. The number of cyclic esters (lactones) is 1. The van der Waals surface area contributed by atoms with Crippen molar-refractivity contribution in [1.29, 1.82) is 0 Å². The Morgan fingerprint density at radius 1 is 0.946 bits per heavy atom. The van der Waals surface area contributed by atoms with E-state index in [-0.39, 0.29) is 34.7 Å². The first kappa shape index (κ1) is 26.2. The Morgan fingerprint density at radius 3 is 2.46 bits per heavy atom. The van der Waals surface area contributed by atoms with E-state index in [0.29, 0.717) is 18.4 Å². The van der Waals surface area contributed by atoms with Crippen LogP contribution >= 0.6 is 0 Å². The Hall–Kier alpha value is -1.03. The van der Waals surface area contributed by atoms with Gasteiger partial charge in [0, 0.05) is 11.5 Å². The molecule has 0 radical (unpaired) electrons. The molecule has 6 aliphatic rings. The minimum atomic E-state index is -1.28. The number of ether oxygens (including phenoxy) is 3. The van der Waals surface area contributed by atoms with Gasteiger partial charge in [-0.15, -0.1) is 0 Å². The highest BCUT2D eigenvalue weighted by Crippen LogP contribution is 2.70. The Morgan fingerprint density at radius 2 is 1.73 bits per heavy atom. The van der Waals surface area contributed by atoms with E-state index in [1.165, 1.54) is 0 Å². The average molecular weight is 521 g/mol. The summed E-state index contributed by atoms with van der Waals surface area (Å²) < 4.78 is 17.2. The smallest absolute Gasteiger partial charge is 0.331 e. The quantitative estimate of drug-likeness (QED) is 0.330. The van der Waals surface area contributed by atoms with Crippen LogP contribution in [0.2, 0.25) is 0 Å². The molecular formula is C29H44O8. The molecule has 13 atom stereocenters. The summed E-state index contributed by atoms with van der Waals surface area (Å²) in [7, 11) is 0. The summed E-state index contributed by atoms with van der Waals surface area (Å²) in [5, 5.41) is 43.0. The number of carbonyl (C=O) groups excluding carboxylic acids is 1. The Kier molecular flexibility index (Phi) is 6.37. The Balaban J connectivity index is 1.16. The van der Waals surface area contributed by atoms with Crippen molar-refractivity contribution in [3.8, 4) is 0 Å². The number of hydrogen-bond donors (Lipinski definition) is 4. The molecule has 4 aliphatic carbocycles. The minimum Gasteiger partial charge on any atom is -0.458 e. The van der Waals surface area contributed by atoms with Gasteiger partial charge < -0.3 is 34.6 Å². The zero-order chi connectivity index (χ0) is 26.3. The van der Waals surface area contributed by atoms with Crippen molar-refractivity contribution in [1.82, 2.24) is 0 Å². The minimum absolute atomic E-state index is 0.0661. The molecule has 0 bridgehead atoms. The number of carbonyl (C=O) groups is 1. The van der Waals surface area contributed by atoms with Gasteiger partial charge in [-0.3, -0.25) is 0 Å². The van der Waals surface area contributed by atoms with Gasteiger partial charge in [0.25, 0.3) is 0 Å². The number of fused-ring (bicyclic) bond motifs is 5. The molecule has 37 heavy (non-hydrogen) atoms. The largest absolute Gasteiger partial charge is 0.458 e. The van der Waals surface area contributed by atoms with Gasteiger partial charge >= 0.3 is 5.97 Å². The van der Waals surface area contributed by atoms with Gasteiger partial charge in [-0.1, -0.05) is 13.8 Å². The summed E-state index contributed by atoms with van der Waals surface area (Å²) in [6, 6.07) is 0. The highest BCUT2D eigenvalue weighted by Gasteiger charge is 2.67. The highest BCUT2D eigenvalue weighted by molar-refractivity contribution is 5.85. The van der Waals surface area contributed by atoms with Crippen molar-refractivity contribution < 1.29 is 39.4 Å². The fraction of sp³-hybridized carbons (Fsp3) is 0.897. The number of esters is 1. The van der Waals surface area contributed by atoms with Crippen molar-refractivity contribution in [2.45, 2.75) is 121 Å². The molecule has 0 spiro atoms. The summed E-state index contributed by atoms with van der Waals surface area (Å²) in [4.78, 5) is 11.8. The molecule has 0 amide bonds. The lowest BCUT2D eigenvalue weighted by molar-refractivity contribution is -0.310. The van der Waals surface area contributed by atoms with Crippen molar-refractivity contribution in [2.75, 3.05) is 6.61 Å². The van der Waals surface area contributed by atoms with E-state index in [9.17, 15) is 25.2 Å². The van der Waals surface area contributed by atoms with Crippen molar-refractivity contribution in [3.63, 3.8) is 0 Å². The second-order valence-corrected chi connectivity index (χ2v) is 13.5. The predicted octanol–water partition coefficient (Wildman–Crippen LogP) is 2.46. The molecule has 8 heteroatoms. The average Bonchev–Trinajstić information content (AvgIpc) is 3.41. The maximum Gasteiger partial charge on any atom is 0.331 e. The zero-order valence-electron chi connectivity index (χ0n) is 22.3. The Bertz CT molecular complexity index is 952. The fourth-order valence-corrected chi connectivity index (χ4v) is 9.81. The topological polar surface area (TPSA) is 126 Å². The first-order valence-corrected chi connectivity index (χ1v) is 14.4. The summed E-state index contributed by atoms with van der Waals surface area (Å²) in [5.74, 6) is 1.14. The molecule has 8 nitrogen and oxygen atoms in total. The fourth-order valence-electron chi connectivity index (χ4n) is 9.81. The first-order chi connectivity index (χ1) is 17.5. The molecular weight excluding hydrogens is 476 g/mol. The molecule has 6 rings (SSSR count). The molecule has 2 heterocycles. The van der Waals surface area contributed by atoms with Gasteiger partial charge in [0.05, 0.1) is 17.8 Å². The van der Waals surface area contributed by atoms with Gasteiger partial charge in [-0.05, 0) is 99.4 Å². The number of aliphatic hydroxyl groups excluding tert-OH is 3. The second-order valence-electron chi connectivity index (χ2n) is 13.5. The predicted molar refractivity (Wildman–Crippen MR) is 133 cm³/mol. The molecule has 208 valence electrons. The van der Waals surface area contributed by atoms with E-state index in [2.05, 4.69) is 13.8 Å². The van der Waals surface area contributed by atoms with E-state index < -0.39 is 36.3 Å². The van der Waals surface area contributed by atoms with Gasteiger partial charge in [0.1, 0.15) is 24.9 Å². The summed E-state index contributed by atoms with van der Waals surface area (Å²) in [6.07, 6.45) is 4.88. The maximum absolute atomic E-state index is 12.4. The van der Waals surface area contributed by atoms with Crippen molar-refractivity contribution >= 4 is 5.97 Å². The molecule has 2 aliphatic heterocycles. The van der Waals surface area contributed by atoms with Gasteiger partial charge in [-0.2, -0.15) is 0 Å². The first-order valence-electron chi connectivity index (χ1n) is 14.4. The van der Waals surface area contributed by atoms with Crippen LogP contribution in [0.5, 0.6) is 0 Å². The van der Waals surface area contributed by atoms with Crippen LogP contribution in [0.1, 0.15) is 78.6 Å². The van der Waals surface area contributed by atoms with Crippen LogP contribution in [0.25, 0.3) is 0 Å². The van der Waals surface area contributed by atoms with E-state index in [1.807, 2.05) is 0 Å². The van der Waals surface area contributed by atoms with Crippen molar-refractivity contribution in [3.05, 3.63) is 11.6 Å². The third-order valence-electron chi connectivity index (χ3n) is 12.1. The van der Waals surface area contributed by atoms with Crippen LogP contribution in [-0.2, 0) is 19.0 Å². The molecule has 0 aromatic rings. The molecule has 4 N–H and O–H groups in total. The van der Waals surface area contributed by atoms with Crippen LogP contribution in [0.3, 0.4) is 0 Å². The van der Waals surface area contributed by atoms with Gasteiger partial charge in [0.15, 0.2) is 6.29 Å². The Labute approximate surface area is 219 Å². The monoisotopic (exact) mass is 520 g/mol. The molecule has 5 fully saturated rings. The standard InChI is InChI=1S/C29H44O8/c1-15-23(31)24(32)25(33)26(36-15)37-18-6-9-27(2)17(13-18)4-5-21-20(27)7-10-28(3)19(8-11-29(21,28)34)16-12-22(30)35-14-16/h12,15,17-21,23-26,31-34H,4-11,13-14H2,1-3H3/t15?,17-,18+,19-,20+,21-,23?,24?,25?,26?,27+,28-,29+/m1/s1. The number of hydrogen-bond acceptors (Lipinski definition) is 8. The number of aliphatic hydroxyl groups is 4. The van der Waals surface area contributed by atoms with Gasteiger partial charge in [0.2, 0.25) is 0 Å². The van der Waals surface area contributed by atoms with Crippen molar-refractivity contribution in [2.24, 2.45) is 34.5 Å². The third-order valence-corrected chi connectivity index (χ3v) is 12.1. The molecule has 0 aromatic carbocycles. The van der Waals surface area contributed by atoms with E-state index in [0.717, 1.165) is 63.4 Å². The lowest BCUT2D eigenvalue weighted by atomic mass is 9.43. The van der Waals surface area contributed by atoms with Gasteiger partial charge in [-0.25, -0.2) is 4.79 Å². The lowest BCUT2D eigenvalue weighted by Crippen LogP contribution is -2.62. The molecule has 0 aromatic heterocycles. The van der Waals surface area contributed by atoms with Crippen LogP contribution in [0.15, 0.2) is 11.6 Å². The maximum atomic E-state index is 12.4. The molecule has 1 saturated heterocycles. The summed E-state index contributed by atoms with van der Waals surface area (Å²) in [6.45, 7) is 6.73. The van der Waals surface area contributed by atoms with Crippen LogP contribution in [0.4, 0.5) is 0 Å². The zero-order valence-corrected chi connectivity index (χ0v) is 22.3. The molecule has 5 unspecified atom stereocenters. The molecule has 4 saturated carbocycles. The normalized spacial score (nSPS) is 55.6. The number of rotatable bonds is 3. The van der Waals surface area contributed by atoms with Crippen LogP contribution in [0, 0.1) is 34.5 Å².